The van der Waals surface area contributed by atoms with Crippen molar-refractivity contribution in [2.24, 2.45) is 5.92 Å². The first kappa shape index (κ1) is 12.0. The maximum atomic E-state index is 11.8. The zero-order chi connectivity index (χ0) is 11.3. The molecule has 0 aromatic carbocycles. The maximum absolute atomic E-state index is 11.8. The van der Waals surface area contributed by atoms with Crippen LogP contribution < -0.4 is 10.6 Å². The number of nitrogens with zero attached hydrogens (tertiary/aromatic N) is 1. The average molecular weight is 213 g/mol. The van der Waals surface area contributed by atoms with Crippen molar-refractivity contribution in [3.8, 4) is 0 Å². The van der Waals surface area contributed by atoms with Crippen LogP contribution in [0.3, 0.4) is 0 Å². The van der Waals surface area contributed by atoms with Crippen molar-refractivity contribution < 1.29 is 9.59 Å². The lowest BCUT2D eigenvalue weighted by Crippen LogP contribution is -2.41. The third-order valence-electron chi connectivity index (χ3n) is 2.54. The zero-order valence-electron chi connectivity index (χ0n) is 9.38. The molecule has 2 N–H and O–H groups in total. The number of nitrogens with one attached hydrogen (secondary N) is 2. The first-order chi connectivity index (χ1) is 7.15. The third kappa shape index (κ3) is 3.51. The number of amides is 2. The molecule has 0 aliphatic carbocycles. The average Bonchev–Trinajstić information content (AvgIpc) is 2.69. The number of hydrogen-bond acceptors (Lipinski definition) is 3. The van der Waals surface area contributed by atoms with Gasteiger partial charge in [0.15, 0.2) is 0 Å². The Morgan fingerprint density at radius 1 is 1.53 bits per heavy atom. The lowest BCUT2D eigenvalue weighted by atomic mass is 10.1. The maximum Gasteiger partial charge on any atom is 0.239 e. The molecule has 1 aliphatic heterocycles. The largest absolute Gasteiger partial charge is 0.355 e. The molecule has 1 unspecified atom stereocenters. The van der Waals surface area contributed by atoms with E-state index in [1.165, 1.54) is 4.90 Å². The fourth-order valence-electron chi connectivity index (χ4n) is 1.72. The van der Waals surface area contributed by atoms with E-state index in [9.17, 15) is 9.59 Å². The van der Waals surface area contributed by atoms with Crippen molar-refractivity contribution in [1.29, 1.82) is 0 Å². The van der Waals surface area contributed by atoms with Crippen LogP contribution in [0.25, 0.3) is 0 Å². The molecule has 15 heavy (non-hydrogen) atoms. The predicted molar refractivity (Wildman–Crippen MR) is 57.3 cm³/mol. The lowest BCUT2D eigenvalue weighted by molar-refractivity contribution is -0.137. The molecule has 1 atom stereocenters. The van der Waals surface area contributed by atoms with Crippen molar-refractivity contribution in [2.45, 2.75) is 13.3 Å². The number of rotatable bonds is 4. The molecule has 1 saturated heterocycles. The summed E-state index contributed by atoms with van der Waals surface area (Å²) in [4.78, 5) is 24.5. The molecular formula is C10H19N3O2. The van der Waals surface area contributed by atoms with E-state index in [0.29, 0.717) is 6.54 Å². The molecule has 1 aliphatic rings. The van der Waals surface area contributed by atoms with Gasteiger partial charge >= 0.3 is 0 Å². The van der Waals surface area contributed by atoms with Gasteiger partial charge < -0.3 is 15.5 Å². The number of hydrogen-bond donors (Lipinski definition) is 2. The van der Waals surface area contributed by atoms with Crippen LogP contribution >= 0.6 is 0 Å². The van der Waals surface area contributed by atoms with Gasteiger partial charge in [-0.15, -0.1) is 0 Å². The Hall–Kier alpha value is -1.10. The standard InChI is InChI=1S/C10H19N3O2/c1-3-12-9(14)7-13(2)10(15)8-4-5-11-6-8/h8,11H,3-7H2,1-2H3,(H,12,14). The van der Waals surface area contributed by atoms with Gasteiger partial charge in [0.05, 0.1) is 12.5 Å². The second kappa shape index (κ2) is 5.70. The molecule has 0 saturated carbocycles. The Morgan fingerprint density at radius 3 is 2.80 bits per heavy atom. The molecule has 1 fully saturated rings. The highest BCUT2D eigenvalue weighted by Gasteiger charge is 2.25. The van der Waals surface area contributed by atoms with E-state index < -0.39 is 0 Å². The van der Waals surface area contributed by atoms with Gasteiger partial charge in [0.25, 0.3) is 0 Å². The summed E-state index contributed by atoms with van der Waals surface area (Å²) in [5.74, 6) is 0.00925. The second-order valence-corrected chi connectivity index (χ2v) is 3.84. The van der Waals surface area contributed by atoms with Crippen molar-refractivity contribution in [1.82, 2.24) is 15.5 Å². The number of carbonyl (C=O) groups is 2. The SMILES string of the molecule is CCNC(=O)CN(C)C(=O)C1CCNC1. The van der Waals surface area contributed by atoms with Crippen LogP contribution in [-0.2, 0) is 9.59 Å². The van der Waals surface area contributed by atoms with E-state index in [2.05, 4.69) is 10.6 Å². The van der Waals surface area contributed by atoms with Gasteiger partial charge in [-0.1, -0.05) is 0 Å². The predicted octanol–water partition coefficient (Wildman–Crippen LogP) is -0.810. The fraction of sp³-hybridized carbons (Fsp3) is 0.800. The van der Waals surface area contributed by atoms with Crippen LogP contribution in [0.2, 0.25) is 0 Å². The summed E-state index contributed by atoms with van der Waals surface area (Å²) in [6.45, 7) is 4.25. The van der Waals surface area contributed by atoms with Gasteiger partial charge in [0.1, 0.15) is 0 Å². The molecular weight excluding hydrogens is 194 g/mol. The molecule has 0 bridgehead atoms. The normalized spacial score (nSPS) is 20.0. The molecule has 5 nitrogen and oxygen atoms in total. The molecule has 0 aromatic rings. The monoisotopic (exact) mass is 213 g/mol. The first-order valence-corrected chi connectivity index (χ1v) is 5.37. The highest BCUT2D eigenvalue weighted by Crippen LogP contribution is 2.10. The van der Waals surface area contributed by atoms with E-state index in [0.717, 1.165) is 19.5 Å². The van der Waals surface area contributed by atoms with Crippen molar-refractivity contribution >= 4 is 11.8 Å². The number of carbonyl (C=O) groups excluding carboxylic acids is 2. The van der Waals surface area contributed by atoms with Crippen LogP contribution in [0.5, 0.6) is 0 Å². The van der Waals surface area contributed by atoms with Gasteiger partial charge in [-0.25, -0.2) is 0 Å². The molecule has 1 heterocycles. The molecule has 2 amide bonds. The molecule has 5 heteroatoms. The summed E-state index contributed by atoms with van der Waals surface area (Å²) in [5.41, 5.74) is 0. The van der Waals surface area contributed by atoms with Gasteiger partial charge in [-0.3, -0.25) is 9.59 Å². The zero-order valence-corrected chi connectivity index (χ0v) is 9.38. The van der Waals surface area contributed by atoms with E-state index in [-0.39, 0.29) is 24.3 Å². The Bertz CT molecular complexity index is 237. The molecule has 0 aromatic heterocycles. The summed E-state index contributed by atoms with van der Waals surface area (Å²) in [6, 6.07) is 0. The molecule has 0 radical (unpaired) electrons. The molecule has 0 spiro atoms. The summed E-state index contributed by atoms with van der Waals surface area (Å²) < 4.78 is 0. The van der Waals surface area contributed by atoms with Gasteiger partial charge in [-0.05, 0) is 19.9 Å². The van der Waals surface area contributed by atoms with Gasteiger partial charge in [0.2, 0.25) is 11.8 Å². The van der Waals surface area contributed by atoms with Gasteiger partial charge in [-0.2, -0.15) is 0 Å². The first-order valence-electron chi connectivity index (χ1n) is 5.37. The van der Waals surface area contributed by atoms with Crippen LogP contribution in [0, 0.1) is 5.92 Å². The highest BCUT2D eigenvalue weighted by atomic mass is 16.2. The third-order valence-corrected chi connectivity index (χ3v) is 2.54. The van der Waals surface area contributed by atoms with Crippen LogP contribution in [0.15, 0.2) is 0 Å². The van der Waals surface area contributed by atoms with Crippen molar-refractivity contribution in [3.63, 3.8) is 0 Å². The topological polar surface area (TPSA) is 61.4 Å². The highest BCUT2D eigenvalue weighted by molar-refractivity contribution is 5.85. The van der Waals surface area contributed by atoms with E-state index >= 15 is 0 Å². The Kier molecular flexibility index (Phi) is 4.55. The Balaban J connectivity index is 2.35. The van der Waals surface area contributed by atoms with Crippen molar-refractivity contribution in [3.05, 3.63) is 0 Å². The van der Waals surface area contributed by atoms with E-state index in [1.54, 1.807) is 7.05 Å². The van der Waals surface area contributed by atoms with E-state index in [1.807, 2.05) is 6.92 Å². The summed E-state index contributed by atoms with van der Waals surface area (Å²) >= 11 is 0. The summed E-state index contributed by atoms with van der Waals surface area (Å²) in [5, 5.41) is 5.81. The van der Waals surface area contributed by atoms with Crippen molar-refractivity contribution in [2.75, 3.05) is 33.2 Å². The van der Waals surface area contributed by atoms with E-state index in [4.69, 9.17) is 0 Å². The Labute approximate surface area is 90.2 Å². The summed E-state index contributed by atoms with van der Waals surface area (Å²) in [6.07, 6.45) is 0.874. The minimum absolute atomic E-state index is 0.0458. The second-order valence-electron chi connectivity index (χ2n) is 3.84. The fourth-order valence-corrected chi connectivity index (χ4v) is 1.72. The quantitative estimate of drug-likeness (QED) is 0.642. The van der Waals surface area contributed by atoms with Gasteiger partial charge in [0, 0.05) is 20.1 Å². The Morgan fingerprint density at radius 2 is 2.27 bits per heavy atom. The smallest absolute Gasteiger partial charge is 0.239 e. The summed E-state index contributed by atoms with van der Waals surface area (Å²) in [7, 11) is 1.68. The number of likely N-dealkylation sites (N-methyl/N-ethyl adjacent to an activating group) is 2. The lowest BCUT2D eigenvalue weighted by Gasteiger charge is -2.19. The molecule has 86 valence electrons. The minimum atomic E-state index is -0.0979. The van der Waals surface area contributed by atoms with Crippen LogP contribution in [-0.4, -0.2) is 49.9 Å². The molecule has 1 rings (SSSR count). The van der Waals surface area contributed by atoms with Crippen LogP contribution in [0.1, 0.15) is 13.3 Å². The minimum Gasteiger partial charge on any atom is -0.355 e. The van der Waals surface area contributed by atoms with Crippen LogP contribution in [0.4, 0.5) is 0 Å².